The summed E-state index contributed by atoms with van der Waals surface area (Å²) in [5.41, 5.74) is 8.53. The fourth-order valence-corrected chi connectivity index (χ4v) is 2.22. The van der Waals surface area contributed by atoms with Gasteiger partial charge in [0.05, 0.1) is 0 Å². The molecule has 1 aliphatic rings. The van der Waals surface area contributed by atoms with Gasteiger partial charge in [0.15, 0.2) is 0 Å². The first kappa shape index (κ1) is 11.4. The Morgan fingerprint density at radius 1 is 1.56 bits per heavy atom. The molecular weight excluding hydrogens is 224 g/mol. The first-order chi connectivity index (χ1) is 7.61. The molecule has 1 aliphatic heterocycles. The van der Waals surface area contributed by atoms with Crippen LogP contribution >= 0.6 is 11.6 Å². The van der Waals surface area contributed by atoms with Gasteiger partial charge in [0.25, 0.3) is 0 Å². The lowest BCUT2D eigenvalue weighted by molar-refractivity contribution is -0.120. The standard InChI is InChI=1S/C12H15ClN2O/c1-7-4-9-5-8(2-3-14)12(16)15-11(9)6-10(7)13/h4,6,8H,2-3,5,14H2,1H3,(H,15,16). The van der Waals surface area contributed by atoms with Gasteiger partial charge in [-0.1, -0.05) is 17.7 Å². The Morgan fingerprint density at radius 3 is 3.00 bits per heavy atom. The SMILES string of the molecule is Cc1cc2c(cc1Cl)NC(=O)C(CCN)C2. The minimum Gasteiger partial charge on any atom is -0.330 e. The third-order valence-electron chi connectivity index (χ3n) is 2.99. The summed E-state index contributed by atoms with van der Waals surface area (Å²) in [7, 11) is 0. The number of amides is 1. The Hall–Kier alpha value is -1.06. The minimum atomic E-state index is -0.00178. The molecule has 0 radical (unpaired) electrons. The molecule has 0 saturated heterocycles. The van der Waals surface area contributed by atoms with Crippen LogP contribution in [-0.2, 0) is 11.2 Å². The fraction of sp³-hybridized carbons (Fsp3) is 0.417. The zero-order valence-corrected chi connectivity index (χ0v) is 9.97. The summed E-state index contributed by atoms with van der Waals surface area (Å²) in [6.07, 6.45) is 1.49. The predicted octanol–water partition coefficient (Wildman–Crippen LogP) is 2.11. The van der Waals surface area contributed by atoms with Gasteiger partial charge in [-0.2, -0.15) is 0 Å². The highest BCUT2D eigenvalue weighted by Gasteiger charge is 2.25. The number of fused-ring (bicyclic) bond motifs is 1. The van der Waals surface area contributed by atoms with E-state index in [0.29, 0.717) is 11.6 Å². The third kappa shape index (κ3) is 2.06. The van der Waals surface area contributed by atoms with Gasteiger partial charge in [-0.15, -0.1) is 0 Å². The van der Waals surface area contributed by atoms with E-state index in [-0.39, 0.29) is 11.8 Å². The number of carbonyl (C=O) groups excluding carboxylic acids is 1. The van der Waals surface area contributed by atoms with Crippen molar-refractivity contribution in [1.29, 1.82) is 0 Å². The van der Waals surface area contributed by atoms with Gasteiger partial charge in [-0.25, -0.2) is 0 Å². The maximum absolute atomic E-state index is 11.7. The normalized spacial score (nSPS) is 19.2. The van der Waals surface area contributed by atoms with Crippen molar-refractivity contribution in [1.82, 2.24) is 0 Å². The summed E-state index contributed by atoms with van der Waals surface area (Å²) in [5, 5.41) is 3.57. The van der Waals surface area contributed by atoms with Crippen LogP contribution in [0.25, 0.3) is 0 Å². The summed E-state index contributed by atoms with van der Waals surface area (Å²) in [6.45, 7) is 2.51. The maximum atomic E-state index is 11.7. The molecule has 3 N–H and O–H groups in total. The van der Waals surface area contributed by atoms with Crippen LogP contribution in [0, 0.1) is 12.8 Å². The van der Waals surface area contributed by atoms with Crippen molar-refractivity contribution in [3.63, 3.8) is 0 Å². The first-order valence-corrected chi connectivity index (χ1v) is 5.79. The number of hydrogen-bond donors (Lipinski definition) is 2. The van der Waals surface area contributed by atoms with Gasteiger partial charge in [0.2, 0.25) is 5.91 Å². The Kier molecular flexibility index (Phi) is 3.17. The van der Waals surface area contributed by atoms with Crippen LogP contribution in [0.3, 0.4) is 0 Å². The zero-order valence-electron chi connectivity index (χ0n) is 9.22. The van der Waals surface area contributed by atoms with Crippen molar-refractivity contribution in [2.45, 2.75) is 19.8 Å². The molecule has 4 heteroatoms. The zero-order chi connectivity index (χ0) is 11.7. The van der Waals surface area contributed by atoms with Crippen LogP contribution in [0.15, 0.2) is 12.1 Å². The quantitative estimate of drug-likeness (QED) is 0.829. The number of benzene rings is 1. The number of rotatable bonds is 2. The van der Waals surface area contributed by atoms with Crippen LogP contribution in [0.1, 0.15) is 17.5 Å². The average Bonchev–Trinajstić information content (AvgIpc) is 2.23. The summed E-state index contributed by atoms with van der Waals surface area (Å²) in [5.74, 6) is 0.0518. The van der Waals surface area contributed by atoms with Crippen molar-refractivity contribution < 1.29 is 4.79 Å². The molecule has 0 bridgehead atoms. The molecule has 0 fully saturated rings. The molecule has 0 saturated carbocycles. The molecular formula is C12H15ClN2O. The topological polar surface area (TPSA) is 55.1 Å². The molecule has 86 valence electrons. The van der Waals surface area contributed by atoms with E-state index in [1.165, 1.54) is 0 Å². The molecule has 0 aromatic heterocycles. The van der Waals surface area contributed by atoms with Crippen molar-refractivity contribution in [3.8, 4) is 0 Å². The molecule has 16 heavy (non-hydrogen) atoms. The number of carbonyl (C=O) groups is 1. The predicted molar refractivity (Wildman–Crippen MR) is 65.7 cm³/mol. The summed E-state index contributed by atoms with van der Waals surface area (Å²) >= 11 is 6.02. The van der Waals surface area contributed by atoms with Gasteiger partial charge in [0, 0.05) is 16.6 Å². The van der Waals surface area contributed by atoms with E-state index in [9.17, 15) is 4.79 Å². The Morgan fingerprint density at radius 2 is 2.31 bits per heavy atom. The van der Waals surface area contributed by atoms with E-state index in [1.54, 1.807) is 0 Å². The Balaban J connectivity index is 2.32. The minimum absolute atomic E-state index is 0.00178. The van der Waals surface area contributed by atoms with Crippen molar-refractivity contribution in [2.75, 3.05) is 11.9 Å². The van der Waals surface area contributed by atoms with E-state index >= 15 is 0 Å². The average molecular weight is 239 g/mol. The number of nitrogens with one attached hydrogen (secondary N) is 1. The van der Waals surface area contributed by atoms with Gasteiger partial charge in [-0.3, -0.25) is 4.79 Å². The van der Waals surface area contributed by atoms with Gasteiger partial charge < -0.3 is 11.1 Å². The van der Waals surface area contributed by atoms with Crippen LogP contribution in [-0.4, -0.2) is 12.5 Å². The summed E-state index contributed by atoms with van der Waals surface area (Å²) in [6, 6.07) is 3.86. The number of anilines is 1. The maximum Gasteiger partial charge on any atom is 0.227 e. The number of nitrogens with two attached hydrogens (primary N) is 1. The molecule has 1 aromatic carbocycles. The second-order valence-corrected chi connectivity index (χ2v) is 4.63. The Bertz CT molecular complexity index is 431. The molecule has 1 amide bonds. The number of hydrogen-bond acceptors (Lipinski definition) is 2. The van der Waals surface area contributed by atoms with E-state index in [0.717, 1.165) is 29.7 Å². The highest BCUT2D eigenvalue weighted by atomic mass is 35.5. The molecule has 1 atom stereocenters. The van der Waals surface area contributed by atoms with Crippen LogP contribution in [0.5, 0.6) is 0 Å². The lowest BCUT2D eigenvalue weighted by atomic mass is 9.90. The highest BCUT2D eigenvalue weighted by Crippen LogP contribution is 2.31. The van der Waals surface area contributed by atoms with Gasteiger partial charge in [-0.05, 0) is 43.5 Å². The molecule has 1 heterocycles. The van der Waals surface area contributed by atoms with E-state index in [1.807, 2.05) is 19.1 Å². The third-order valence-corrected chi connectivity index (χ3v) is 3.40. The summed E-state index contributed by atoms with van der Waals surface area (Å²) in [4.78, 5) is 11.7. The molecule has 1 aromatic rings. The van der Waals surface area contributed by atoms with Crippen LogP contribution < -0.4 is 11.1 Å². The molecule has 2 rings (SSSR count). The largest absolute Gasteiger partial charge is 0.330 e. The molecule has 1 unspecified atom stereocenters. The highest BCUT2D eigenvalue weighted by molar-refractivity contribution is 6.31. The second kappa shape index (κ2) is 4.44. The van der Waals surface area contributed by atoms with Gasteiger partial charge >= 0.3 is 0 Å². The first-order valence-electron chi connectivity index (χ1n) is 5.41. The lowest BCUT2D eigenvalue weighted by Gasteiger charge is -2.25. The fourth-order valence-electron chi connectivity index (χ4n) is 2.05. The van der Waals surface area contributed by atoms with Crippen molar-refractivity contribution >= 4 is 23.2 Å². The second-order valence-electron chi connectivity index (χ2n) is 4.23. The van der Waals surface area contributed by atoms with Gasteiger partial charge in [0.1, 0.15) is 0 Å². The van der Waals surface area contributed by atoms with E-state index < -0.39 is 0 Å². The van der Waals surface area contributed by atoms with Crippen molar-refractivity contribution in [2.24, 2.45) is 11.7 Å². The van der Waals surface area contributed by atoms with Crippen LogP contribution in [0.4, 0.5) is 5.69 Å². The van der Waals surface area contributed by atoms with E-state index in [2.05, 4.69) is 5.32 Å². The smallest absolute Gasteiger partial charge is 0.227 e. The van der Waals surface area contributed by atoms with E-state index in [4.69, 9.17) is 17.3 Å². The number of halogens is 1. The summed E-state index contributed by atoms with van der Waals surface area (Å²) < 4.78 is 0. The Labute approximate surface area is 100.0 Å². The van der Waals surface area contributed by atoms with Crippen molar-refractivity contribution in [3.05, 3.63) is 28.3 Å². The molecule has 0 spiro atoms. The lowest BCUT2D eigenvalue weighted by Crippen LogP contribution is -2.31. The molecule has 0 aliphatic carbocycles. The number of aryl methyl sites for hydroxylation is 1. The monoisotopic (exact) mass is 238 g/mol. The van der Waals surface area contributed by atoms with Crippen LogP contribution in [0.2, 0.25) is 5.02 Å². The molecule has 3 nitrogen and oxygen atoms in total.